The first-order valence-electron chi connectivity index (χ1n) is 4.51. The smallest absolute Gasteiger partial charge is 0.0975 e. The van der Waals surface area contributed by atoms with Gasteiger partial charge in [-0.05, 0) is 19.4 Å². The predicted molar refractivity (Wildman–Crippen MR) is 53.7 cm³/mol. The summed E-state index contributed by atoms with van der Waals surface area (Å²) in [6.07, 6.45) is 0. The van der Waals surface area contributed by atoms with Crippen molar-refractivity contribution in [1.29, 1.82) is 0 Å². The highest BCUT2D eigenvalue weighted by molar-refractivity contribution is 5.31. The van der Waals surface area contributed by atoms with E-state index in [1.807, 2.05) is 26.0 Å². The summed E-state index contributed by atoms with van der Waals surface area (Å²) in [7, 11) is 0. The Labute approximate surface area is 78.8 Å². The molecule has 0 aliphatic heterocycles. The maximum absolute atomic E-state index is 12.5. The van der Waals surface area contributed by atoms with Crippen LogP contribution >= 0.6 is 0 Å². The molecular formula is C11H16FN. The molecule has 0 fully saturated rings. The lowest BCUT2D eigenvalue weighted by molar-refractivity contribution is 0.434. The van der Waals surface area contributed by atoms with Crippen molar-refractivity contribution in [2.75, 3.05) is 13.2 Å². The number of hydrogen-bond acceptors (Lipinski definition) is 1. The lowest BCUT2D eigenvalue weighted by Crippen LogP contribution is -2.14. The molecule has 1 aromatic carbocycles. The zero-order valence-electron chi connectivity index (χ0n) is 8.18. The van der Waals surface area contributed by atoms with Crippen molar-refractivity contribution >= 4 is 0 Å². The van der Waals surface area contributed by atoms with Crippen LogP contribution in [-0.2, 0) is 0 Å². The fraction of sp³-hybridized carbons (Fsp3) is 0.455. The van der Waals surface area contributed by atoms with Crippen molar-refractivity contribution < 1.29 is 4.39 Å². The van der Waals surface area contributed by atoms with Crippen molar-refractivity contribution in [2.45, 2.75) is 19.8 Å². The van der Waals surface area contributed by atoms with Gasteiger partial charge in [-0.1, -0.05) is 29.3 Å². The number of nitrogens with two attached hydrogens (primary N) is 1. The zero-order valence-corrected chi connectivity index (χ0v) is 8.18. The van der Waals surface area contributed by atoms with Crippen LogP contribution in [0.1, 0.15) is 22.6 Å². The molecule has 1 nitrogen and oxygen atoms in total. The summed E-state index contributed by atoms with van der Waals surface area (Å²) in [5.74, 6) is -0.140. The van der Waals surface area contributed by atoms with Gasteiger partial charge in [-0.2, -0.15) is 0 Å². The van der Waals surface area contributed by atoms with Crippen molar-refractivity contribution in [1.82, 2.24) is 0 Å². The summed E-state index contributed by atoms with van der Waals surface area (Å²) < 4.78 is 12.5. The Bertz CT molecular complexity index is 259. The molecule has 0 radical (unpaired) electrons. The van der Waals surface area contributed by atoms with Crippen molar-refractivity contribution in [3.8, 4) is 0 Å². The topological polar surface area (TPSA) is 26.0 Å². The van der Waals surface area contributed by atoms with E-state index >= 15 is 0 Å². The third-order valence-corrected chi connectivity index (χ3v) is 2.19. The number of benzene rings is 1. The molecule has 0 aromatic heterocycles. The second-order valence-electron chi connectivity index (χ2n) is 3.51. The highest BCUT2D eigenvalue weighted by Gasteiger charge is 2.09. The van der Waals surface area contributed by atoms with Gasteiger partial charge in [0.05, 0.1) is 6.67 Å². The molecular weight excluding hydrogens is 165 g/mol. The van der Waals surface area contributed by atoms with Gasteiger partial charge < -0.3 is 5.73 Å². The highest BCUT2D eigenvalue weighted by atomic mass is 19.1. The Morgan fingerprint density at radius 3 is 2.15 bits per heavy atom. The molecule has 0 aliphatic rings. The summed E-state index contributed by atoms with van der Waals surface area (Å²) in [6.45, 7) is 4.03. The summed E-state index contributed by atoms with van der Waals surface area (Å²) in [4.78, 5) is 0. The Balaban J connectivity index is 2.99. The van der Waals surface area contributed by atoms with Gasteiger partial charge >= 0.3 is 0 Å². The van der Waals surface area contributed by atoms with E-state index < -0.39 is 0 Å². The van der Waals surface area contributed by atoms with Gasteiger partial charge in [-0.15, -0.1) is 0 Å². The van der Waals surface area contributed by atoms with Gasteiger partial charge in [0.25, 0.3) is 0 Å². The molecule has 0 saturated carbocycles. The van der Waals surface area contributed by atoms with Crippen molar-refractivity contribution in [3.63, 3.8) is 0 Å². The number of halogens is 1. The standard InChI is InChI=1S/C11H16FN/c1-8-3-9(2)5-10(4-8)11(6-12)7-13/h3-5,11H,6-7,13H2,1-2H3. The summed E-state index contributed by atoms with van der Waals surface area (Å²) in [5.41, 5.74) is 8.83. The van der Waals surface area contributed by atoms with Crippen LogP contribution in [0.2, 0.25) is 0 Å². The van der Waals surface area contributed by atoms with E-state index in [4.69, 9.17) is 5.73 Å². The van der Waals surface area contributed by atoms with Gasteiger partial charge in [0.15, 0.2) is 0 Å². The van der Waals surface area contributed by atoms with Crippen molar-refractivity contribution in [3.05, 3.63) is 34.9 Å². The maximum atomic E-state index is 12.5. The van der Waals surface area contributed by atoms with Gasteiger partial charge in [-0.3, -0.25) is 4.39 Å². The molecule has 0 heterocycles. The minimum atomic E-state index is -0.376. The maximum Gasteiger partial charge on any atom is 0.0975 e. The van der Waals surface area contributed by atoms with Crippen LogP contribution in [0.5, 0.6) is 0 Å². The molecule has 0 bridgehead atoms. The third kappa shape index (κ3) is 2.52. The molecule has 1 unspecified atom stereocenters. The minimum absolute atomic E-state index is 0.140. The lowest BCUT2D eigenvalue weighted by Gasteiger charge is -2.12. The molecule has 1 aromatic rings. The fourth-order valence-corrected chi connectivity index (χ4v) is 1.53. The van der Waals surface area contributed by atoms with E-state index in [1.165, 1.54) is 11.1 Å². The van der Waals surface area contributed by atoms with E-state index in [2.05, 4.69) is 6.07 Å². The van der Waals surface area contributed by atoms with Gasteiger partial charge in [-0.25, -0.2) is 0 Å². The van der Waals surface area contributed by atoms with E-state index in [0.29, 0.717) is 6.54 Å². The van der Waals surface area contributed by atoms with E-state index in [1.54, 1.807) is 0 Å². The summed E-state index contributed by atoms with van der Waals surface area (Å²) in [6, 6.07) is 6.09. The number of aryl methyl sites for hydroxylation is 2. The molecule has 0 spiro atoms. The molecule has 1 rings (SSSR count). The molecule has 13 heavy (non-hydrogen) atoms. The highest BCUT2D eigenvalue weighted by Crippen LogP contribution is 2.18. The van der Waals surface area contributed by atoms with Crippen LogP contribution in [0.3, 0.4) is 0 Å². The molecule has 0 saturated heterocycles. The third-order valence-electron chi connectivity index (χ3n) is 2.19. The first-order chi connectivity index (χ1) is 6.17. The summed E-state index contributed by atoms with van der Waals surface area (Å²) in [5, 5.41) is 0. The van der Waals surface area contributed by atoms with Crippen LogP contribution in [0.4, 0.5) is 4.39 Å². The van der Waals surface area contributed by atoms with Gasteiger partial charge in [0.2, 0.25) is 0 Å². The quantitative estimate of drug-likeness (QED) is 0.760. The normalized spacial score (nSPS) is 12.9. The van der Waals surface area contributed by atoms with Crippen molar-refractivity contribution in [2.24, 2.45) is 5.73 Å². The Kier molecular flexibility index (Phi) is 3.43. The average Bonchev–Trinajstić information content (AvgIpc) is 2.04. The van der Waals surface area contributed by atoms with E-state index in [0.717, 1.165) is 5.56 Å². The zero-order chi connectivity index (χ0) is 9.84. The molecule has 0 aliphatic carbocycles. The van der Waals surface area contributed by atoms with Crippen LogP contribution in [0.25, 0.3) is 0 Å². The first kappa shape index (κ1) is 10.2. The second kappa shape index (κ2) is 4.38. The van der Waals surface area contributed by atoms with E-state index in [9.17, 15) is 4.39 Å². The van der Waals surface area contributed by atoms with Crippen LogP contribution in [-0.4, -0.2) is 13.2 Å². The Morgan fingerprint density at radius 2 is 1.77 bits per heavy atom. The first-order valence-corrected chi connectivity index (χ1v) is 4.51. The number of rotatable bonds is 3. The molecule has 2 N–H and O–H groups in total. The monoisotopic (exact) mass is 181 g/mol. The molecule has 0 amide bonds. The lowest BCUT2D eigenvalue weighted by atomic mass is 9.97. The molecule has 2 heteroatoms. The number of hydrogen-bond donors (Lipinski definition) is 1. The molecule has 1 atom stereocenters. The van der Waals surface area contributed by atoms with Crippen LogP contribution in [0, 0.1) is 13.8 Å². The average molecular weight is 181 g/mol. The van der Waals surface area contributed by atoms with Gasteiger partial charge in [0, 0.05) is 12.5 Å². The fourth-order valence-electron chi connectivity index (χ4n) is 1.53. The SMILES string of the molecule is Cc1cc(C)cc(C(CN)CF)c1. The summed E-state index contributed by atoms with van der Waals surface area (Å²) >= 11 is 0. The Morgan fingerprint density at radius 1 is 1.23 bits per heavy atom. The minimum Gasteiger partial charge on any atom is -0.330 e. The van der Waals surface area contributed by atoms with Gasteiger partial charge in [0.1, 0.15) is 0 Å². The largest absolute Gasteiger partial charge is 0.330 e. The van der Waals surface area contributed by atoms with Crippen LogP contribution < -0.4 is 5.73 Å². The van der Waals surface area contributed by atoms with Crippen LogP contribution in [0.15, 0.2) is 18.2 Å². The Hall–Kier alpha value is -0.890. The van der Waals surface area contributed by atoms with E-state index in [-0.39, 0.29) is 12.6 Å². The number of alkyl halides is 1. The molecule has 72 valence electrons. The predicted octanol–water partition coefficient (Wildman–Crippen LogP) is 2.32. The second-order valence-corrected chi connectivity index (χ2v) is 3.51.